The van der Waals surface area contributed by atoms with Crippen LogP contribution in [0.1, 0.15) is 63.5 Å². The first-order valence-corrected chi connectivity index (χ1v) is 9.22. The molecule has 2 nitrogen and oxygen atoms in total. The smallest absolute Gasteiger partial charge is 0.309 e. The van der Waals surface area contributed by atoms with Crippen LogP contribution in [0.25, 0.3) is 0 Å². The van der Waals surface area contributed by atoms with E-state index in [4.69, 9.17) is 4.74 Å². The lowest BCUT2D eigenvalue weighted by Crippen LogP contribution is -2.36. The van der Waals surface area contributed by atoms with Crippen molar-refractivity contribution in [3.63, 3.8) is 0 Å². The molecule has 2 heteroatoms. The molecule has 2 saturated carbocycles. The first-order chi connectivity index (χ1) is 11.0. The molecule has 0 aromatic heterocycles. The molecule has 0 N–H and O–H groups in total. The molecule has 0 amide bonds. The largest absolute Gasteiger partial charge is 0.462 e. The fourth-order valence-electron chi connectivity index (χ4n) is 4.12. The van der Waals surface area contributed by atoms with Crippen LogP contribution >= 0.6 is 0 Å². The summed E-state index contributed by atoms with van der Waals surface area (Å²) in [6.07, 6.45) is 4.59. The molecule has 0 spiro atoms. The number of carbonyl (C=O) groups is 1. The lowest BCUT2D eigenvalue weighted by molar-refractivity contribution is -0.157. The molecular formula is C21H30O2. The van der Waals surface area contributed by atoms with Gasteiger partial charge < -0.3 is 4.74 Å². The molecule has 23 heavy (non-hydrogen) atoms. The molecule has 0 saturated heterocycles. The molecular weight excluding hydrogens is 284 g/mol. The van der Waals surface area contributed by atoms with Crippen molar-refractivity contribution in [3.05, 3.63) is 35.4 Å². The average molecular weight is 314 g/mol. The van der Waals surface area contributed by atoms with Crippen LogP contribution in [0.2, 0.25) is 0 Å². The molecule has 126 valence electrons. The number of benzene rings is 1. The van der Waals surface area contributed by atoms with Crippen molar-refractivity contribution in [3.8, 4) is 0 Å². The lowest BCUT2D eigenvalue weighted by atomic mass is 9.75. The van der Waals surface area contributed by atoms with E-state index in [0.29, 0.717) is 23.7 Å². The van der Waals surface area contributed by atoms with Crippen LogP contribution in [0, 0.1) is 30.6 Å². The summed E-state index contributed by atoms with van der Waals surface area (Å²) >= 11 is 0. The highest BCUT2D eigenvalue weighted by molar-refractivity contribution is 5.77. The van der Waals surface area contributed by atoms with Crippen LogP contribution in [0.4, 0.5) is 0 Å². The van der Waals surface area contributed by atoms with Gasteiger partial charge in [-0.15, -0.1) is 0 Å². The topological polar surface area (TPSA) is 26.3 Å². The van der Waals surface area contributed by atoms with Gasteiger partial charge in [-0.25, -0.2) is 0 Å². The van der Waals surface area contributed by atoms with E-state index >= 15 is 0 Å². The minimum Gasteiger partial charge on any atom is -0.462 e. The SMILES string of the molecule is Cc1ccc([C@@H]2C[C@@H]2C(=O)O[C@@H]2C[C@H](C)CC[C@H]2C(C)C)cc1. The monoisotopic (exact) mass is 314 g/mol. The highest BCUT2D eigenvalue weighted by Crippen LogP contribution is 2.49. The number of hydrogen-bond donors (Lipinski definition) is 0. The Labute approximate surface area is 140 Å². The van der Waals surface area contributed by atoms with Gasteiger partial charge in [0.2, 0.25) is 0 Å². The Kier molecular flexibility index (Phi) is 4.79. The van der Waals surface area contributed by atoms with Crippen LogP contribution in [0.3, 0.4) is 0 Å². The van der Waals surface area contributed by atoms with Crippen molar-refractivity contribution < 1.29 is 9.53 Å². The maximum absolute atomic E-state index is 12.6. The number of aryl methyl sites for hydroxylation is 1. The number of carbonyl (C=O) groups excluding carboxylic acids is 1. The zero-order chi connectivity index (χ0) is 16.6. The normalized spacial score (nSPS) is 33.5. The summed E-state index contributed by atoms with van der Waals surface area (Å²) in [4.78, 5) is 12.6. The molecule has 0 heterocycles. The van der Waals surface area contributed by atoms with E-state index in [9.17, 15) is 4.79 Å². The van der Waals surface area contributed by atoms with Gasteiger partial charge in [0.15, 0.2) is 0 Å². The van der Waals surface area contributed by atoms with Crippen LogP contribution in [0.5, 0.6) is 0 Å². The molecule has 1 aromatic rings. The second kappa shape index (κ2) is 6.67. The molecule has 0 radical (unpaired) electrons. The van der Waals surface area contributed by atoms with Gasteiger partial charge in [-0.1, -0.05) is 57.0 Å². The quantitative estimate of drug-likeness (QED) is 0.722. The van der Waals surface area contributed by atoms with Crippen molar-refractivity contribution in [1.29, 1.82) is 0 Å². The Morgan fingerprint density at radius 1 is 1.13 bits per heavy atom. The second-order valence-corrected chi connectivity index (χ2v) is 8.16. The molecule has 3 rings (SSSR count). The minimum atomic E-state index is 0.0420. The first kappa shape index (κ1) is 16.5. The zero-order valence-corrected chi connectivity index (χ0v) is 14.9. The Morgan fingerprint density at radius 2 is 1.83 bits per heavy atom. The molecule has 1 aromatic carbocycles. The summed E-state index contributed by atoms with van der Waals surface area (Å²) in [7, 11) is 0. The third kappa shape index (κ3) is 3.79. The van der Waals surface area contributed by atoms with Crippen molar-refractivity contribution >= 4 is 5.97 Å². The van der Waals surface area contributed by atoms with Gasteiger partial charge >= 0.3 is 5.97 Å². The van der Waals surface area contributed by atoms with Gasteiger partial charge in [0.1, 0.15) is 6.10 Å². The standard InChI is InChI=1S/C21H30O2/c1-13(2)17-10-7-15(4)11-20(17)23-21(22)19-12-18(19)16-8-5-14(3)6-9-16/h5-6,8-9,13,15,17-20H,7,10-12H2,1-4H3/t15-,17+,18+,19+,20-/m1/s1. The summed E-state index contributed by atoms with van der Waals surface area (Å²) in [6, 6.07) is 8.58. The highest BCUT2D eigenvalue weighted by Gasteiger charge is 2.46. The predicted molar refractivity (Wildman–Crippen MR) is 93.3 cm³/mol. The maximum Gasteiger partial charge on any atom is 0.309 e. The van der Waals surface area contributed by atoms with E-state index in [1.54, 1.807) is 0 Å². The van der Waals surface area contributed by atoms with Crippen LogP contribution in [-0.4, -0.2) is 12.1 Å². The highest BCUT2D eigenvalue weighted by atomic mass is 16.5. The summed E-state index contributed by atoms with van der Waals surface area (Å²) < 4.78 is 6.00. The third-order valence-corrected chi connectivity index (χ3v) is 5.83. The summed E-state index contributed by atoms with van der Waals surface area (Å²) in [6.45, 7) is 8.89. The van der Waals surface area contributed by atoms with Gasteiger partial charge in [-0.2, -0.15) is 0 Å². The molecule has 2 aliphatic carbocycles. The molecule has 0 unspecified atom stereocenters. The van der Waals surface area contributed by atoms with Crippen molar-refractivity contribution in [2.75, 3.05) is 0 Å². The molecule has 2 aliphatic rings. The van der Waals surface area contributed by atoms with Gasteiger partial charge in [0.25, 0.3) is 0 Å². The van der Waals surface area contributed by atoms with Crippen molar-refractivity contribution in [1.82, 2.24) is 0 Å². The maximum atomic E-state index is 12.6. The van der Waals surface area contributed by atoms with Gasteiger partial charge in [0.05, 0.1) is 5.92 Å². The molecule has 2 fully saturated rings. The first-order valence-electron chi connectivity index (χ1n) is 9.22. The molecule has 0 aliphatic heterocycles. The van der Waals surface area contributed by atoms with Crippen LogP contribution < -0.4 is 0 Å². The van der Waals surface area contributed by atoms with Crippen LogP contribution in [0.15, 0.2) is 24.3 Å². The fraction of sp³-hybridized carbons (Fsp3) is 0.667. The Bertz CT molecular complexity index is 545. The van der Waals surface area contributed by atoms with E-state index in [1.165, 1.54) is 24.0 Å². The van der Waals surface area contributed by atoms with Crippen molar-refractivity contribution in [2.24, 2.45) is 23.7 Å². The average Bonchev–Trinajstić information content (AvgIpc) is 3.28. The molecule has 0 bridgehead atoms. The van der Waals surface area contributed by atoms with E-state index in [1.807, 2.05) is 0 Å². The van der Waals surface area contributed by atoms with E-state index in [2.05, 4.69) is 52.0 Å². The minimum absolute atomic E-state index is 0.0420. The number of hydrogen-bond acceptors (Lipinski definition) is 2. The predicted octanol–water partition coefficient (Wildman–Crippen LogP) is 5.10. The molecule has 5 atom stereocenters. The van der Waals surface area contributed by atoms with E-state index in [0.717, 1.165) is 12.8 Å². The Morgan fingerprint density at radius 3 is 2.48 bits per heavy atom. The summed E-state index contributed by atoms with van der Waals surface area (Å²) in [5, 5.41) is 0. The van der Waals surface area contributed by atoms with Crippen LogP contribution in [-0.2, 0) is 9.53 Å². The fourth-order valence-corrected chi connectivity index (χ4v) is 4.12. The van der Waals surface area contributed by atoms with E-state index < -0.39 is 0 Å². The number of ether oxygens (including phenoxy) is 1. The van der Waals surface area contributed by atoms with Crippen molar-refractivity contribution in [2.45, 2.75) is 65.4 Å². The van der Waals surface area contributed by atoms with Gasteiger partial charge in [0, 0.05) is 0 Å². The zero-order valence-electron chi connectivity index (χ0n) is 14.9. The Hall–Kier alpha value is -1.31. The Balaban J connectivity index is 1.59. The number of rotatable bonds is 4. The summed E-state index contributed by atoms with van der Waals surface area (Å²) in [5.74, 6) is 2.30. The second-order valence-electron chi connectivity index (χ2n) is 8.16. The lowest BCUT2D eigenvalue weighted by Gasteiger charge is -2.36. The third-order valence-electron chi connectivity index (χ3n) is 5.83. The number of esters is 1. The summed E-state index contributed by atoms with van der Waals surface area (Å²) in [5.41, 5.74) is 2.56. The van der Waals surface area contributed by atoms with Gasteiger partial charge in [-0.3, -0.25) is 4.79 Å². The van der Waals surface area contributed by atoms with E-state index in [-0.39, 0.29) is 18.0 Å². The van der Waals surface area contributed by atoms with Gasteiger partial charge in [-0.05, 0) is 55.4 Å².